The number of likely N-dealkylation sites (N-methyl/N-ethyl adjacent to an activating group) is 1. The highest BCUT2D eigenvalue weighted by atomic mass is 35.5. The summed E-state index contributed by atoms with van der Waals surface area (Å²) in [6, 6.07) is 18.2. The molecular weight excluding hydrogens is 369 g/mol. The summed E-state index contributed by atoms with van der Waals surface area (Å²) in [5, 5.41) is 4.15. The van der Waals surface area contributed by atoms with Crippen LogP contribution < -0.4 is 5.32 Å². The zero-order chi connectivity index (χ0) is 17.6. The van der Waals surface area contributed by atoms with Gasteiger partial charge < -0.3 is 10.2 Å². The van der Waals surface area contributed by atoms with Crippen molar-refractivity contribution in [1.29, 1.82) is 0 Å². The minimum atomic E-state index is 0. The predicted molar refractivity (Wildman–Crippen MR) is 109 cm³/mol. The fourth-order valence-corrected chi connectivity index (χ4v) is 3.42. The molecule has 6 heteroatoms. The van der Waals surface area contributed by atoms with Crippen molar-refractivity contribution in [3.8, 4) is 0 Å². The van der Waals surface area contributed by atoms with Crippen LogP contribution in [0.4, 0.5) is 0 Å². The second-order valence-corrected chi connectivity index (χ2v) is 6.92. The van der Waals surface area contributed by atoms with Gasteiger partial charge in [-0.1, -0.05) is 54.1 Å². The average molecular weight is 394 g/mol. The van der Waals surface area contributed by atoms with Crippen LogP contribution in [-0.2, 0) is 11.3 Å². The molecule has 1 fully saturated rings. The van der Waals surface area contributed by atoms with Crippen LogP contribution in [0, 0.1) is 0 Å². The van der Waals surface area contributed by atoms with Crippen molar-refractivity contribution in [2.45, 2.75) is 12.6 Å². The number of hydrogen-bond donors (Lipinski definition) is 1. The number of rotatable bonds is 5. The Morgan fingerprint density at radius 1 is 1.23 bits per heavy atom. The molecule has 1 aliphatic heterocycles. The first-order chi connectivity index (χ1) is 12.1. The third kappa shape index (κ3) is 5.45. The lowest BCUT2D eigenvalue weighted by atomic mass is 10.0. The Morgan fingerprint density at radius 3 is 2.73 bits per heavy atom. The summed E-state index contributed by atoms with van der Waals surface area (Å²) < 4.78 is 0. The van der Waals surface area contributed by atoms with E-state index in [1.54, 1.807) is 4.90 Å². The van der Waals surface area contributed by atoms with E-state index >= 15 is 0 Å². The molecular formula is C20H25Cl2N3O. The second kappa shape index (κ2) is 9.93. The van der Waals surface area contributed by atoms with Crippen LogP contribution in [0.3, 0.4) is 0 Å². The first-order valence-electron chi connectivity index (χ1n) is 8.61. The SMILES string of the molecule is CN(Cc1ccccc1)C(=O)CN1CCNCC1c1cccc(Cl)c1.Cl. The van der Waals surface area contributed by atoms with E-state index in [4.69, 9.17) is 11.6 Å². The summed E-state index contributed by atoms with van der Waals surface area (Å²) in [6.45, 7) is 3.63. The Hall–Kier alpha value is -1.59. The first-order valence-corrected chi connectivity index (χ1v) is 8.99. The predicted octanol–water partition coefficient (Wildman–Crippen LogP) is 3.37. The molecule has 0 spiro atoms. The van der Waals surface area contributed by atoms with Gasteiger partial charge in [-0.05, 0) is 23.3 Å². The zero-order valence-corrected chi connectivity index (χ0v) is 16.5. The molecule has 0 radical (unpaired) electrons. The molecule has 1 N–H and O–H groups in total. The summed E-state index contributed by atoms with van der Waals surface area (Å²) in [5.74, 6) is 0.137. The molecule has 1 amide bonds. The van der Waals surface area contributed by atoms with Crippen molar-refractivity contribution < 1.29 is 4.79 Å². The molecule has 1 saturated heterocycles. The number of nitrogens with one attached hydrogen (secondary N) is 1. The number of halogens is 2. The molecule has 4 nitrogen and oxygen atoms in total. The van der Waals surface area contributed by atoms with E-state index in [9.17, 15) is 4.79 Å². The Kier molecular flexibility index (Phi) is 7.91. The summed E-state index contributed by atoms with van der Waals surface area (Å²) in [4.78, 5) is 16.7. The van der Waals surface area contributed by atoms with Gasteiger partial charge in [0.05, 0.1) is 6.54 Å². The van der Waals surface area contributed by atoms with Gasteiger partial charge in [0.1, 0.15) is 0 Å². The van der Waals surface area contributed by atoms with E-state index < -0.39 is 0 Å². The molecule has 26 heavy (non-hydrogen) atoms. The summed E-state index contributed by atoms with van der Waals surface area (Å²) in [6.07, 6.45) is 0. The largest absolute Gasteiger partial charge is 0.340 e. The number of carbonyl (C=O) groups is 1. The second-order valence-electron chi connectivity index (χ2n) is 6.48. The number of amides is 1. The van der Waals surface area contributed by atoms with E-state index in [1.807, 2.05) is 55.6 Å². The molecule has 0 aliphatic carbocycles. The number of nitrogens with zero attached hydrogens (tertiary/aromatic N) is 2. The molecule has 140 valence electrons. The highest BCUT2D eigenvalue weighted by molar-refractivity contribution is 6.30. The lowest BCUT2D eigenvalue weighted by Gasteiger charge is -2.37. The monoisotopic (exact) mass is 393 g/mol. The molecule has 0 aromatic heterocycles. The van der Waals surface area contributed by atoms with E-state index in [2.05, 4.69) is 16.3 Å². The van der Waals surface area contributed by atoms with Crippen molar-refractivity contribution >= 4 is 29.9 Å². The summed E-state index contributed by atoms with van der Waals surface area (Å²) in [5.41, 5.74) is 2.29. The molecule has 1 unspecified atom stereocenters. The molecule has 1 aliphatic rings. The topological polar surface area (TPSA) is 35.6 Å². The smallest absolute Gasteiger partial charge is 0.236 e. The van der Waals surface area contributed by atoms with Crippen LogP contribution in [0.25, 0.3) is 0 Å². The number of benzene rings is 2. The minimum absolute atomic E-state index is 0. The maximum Gasteiger partial charge on any atom is 0.236 e. The van der Waals surface area contributed by atoms with Crippen LogP contribution in [0.5, 0.6) is 0 Å². The molecule has 1 atom stereocenters. The molecule has 2 aromatic carbocycles. The molecule has 2 aromatic rings. The lowest BCUT2D eigenvalue weighted by molar-refractivity contribution is -0.132. The highest BCUT2D eigenvalue weighted by Gasteiger charge is 2.26. The van der Waals surface area contributed by atoms with Crippen molar-refractivity contribution in [2.24, 2.45) is 0 Å². The fourth-order valence-electron chi connectivity index (χ4n) is 3.22. The maximum atomic E-state index is 12.7. The van der Waals surface area contributed by atoms with Gasteiger partial charge in [0.15, 0.2) is 0 Å². The number of carbonyl (C=O) groups excluding carboxylic acids is 1. The van der Waals surface area contributed by atoms with Crippen LogP contribution in [0.15, 0.2) is 54.6 Å². The lowest BCUT2D eigenvalue weighted by Crippen LogP contribution is -2.49. The van der Waals surface area contributed by atoms with Gasteiger partial charge in [0, 0.05) is 44.3 Å². The van der Waals surface area contributed by atoms with Gasteiger partial charge in [-0.2, -0.15) is 0 Å². The van der Waals surface area contributed by atoms with Crippen molar-refractivity contribution in [3.63, 3.8) is 0 Å². The van der Waals surface area contributed by atoms with E-state index in [-0.39, 0.29) is 24.4 Å². The standard InChI is InChI=1S/C20H24ClN3O.ClH/c1-23(14-16-6-3-2-4-7-16)20(25)15-24-11-10-22-13-19(24)17-8-5-9-18(21)12-17;/h2-9,12,19,22H,10-11,13-15H2,1H3;1H. The number of hydrogen-bond acceptors (Lipinski definition) is 3. The van der Waals surface area contributed by atoms with Crippen LogP contribution in [0.1, 0.15) is 17.2 Å². The Morgan fingerprint density at radius 2 is 2.00 bits per heavy atom. The van der Waals surface area contributed by atoms with Gasteiger partial charge in [-0.3, -0.25) is 9.69 Å². The van der Waals surface area contributed by atoms with E-state index in [1.165, 1.54) is 0 Å². The van der Waals surface area contributed by atoms with Gasteiger partial charge in [-0.15, -0.1) is 12.4 Å². The fraction of sp³-hybridized carbons (Fsp3) is 0.350. The van der Waals surface area contributed by atoms with Crippen molar-refractivity contribution in [1.82, 2.24) is 15.1 Å². The molecule has 3 rings (SSSR count). The van der Waals surface area contributed by atoms with E-state index in [0.29, 0.717) is 13.1 Å². The van der Waals surface area contributed by atoms with Gasteiger partial charge in [0.2, 0.25) is 5.91 Å². The maximum absolute atomic E-state index is 12.7. The van der Waals surface area contributed by atoms with Crippen molar-refractivity contribution in [2.75, 3.05) is 33.2 Å². The van der Waals surface area contributed by atoms with Crippen LogP contribution in [0.2, 0.25) is 5.02 Å². The van der Waals surface area contributed by atoms with Crippen LogP contribution >= 0.6 is 24.0 Å². The minimum Gasteiger partial charge on any atom is -0.340 e. The summed E-state index contributed by atoms with van der Waals surface area (Å²) >= 11 is 6.14. The van der Waals surface area contributed by atoms with E-state index in [0.717, 1.165) is 35.8 Å². The normalized spacial score (nSPS) is 17.4. The third-order valence-electron chi connectivity index (χ3n) is 4.61. The average Bonchev–Trinajstić information content (AvgIpc) is 2.63. The Balaban J connectivity index is 0.00000243. The molecule has 0 bridgehead atoms. The van der Waals surface area contributed by atoms with Gasteiger partial charge in [-0.25, -0.2) is 0 Å². The summed E-state index contributed by atoms with van der Waals surface area (Å²) in [7, 11) is 1.87. The quantitative estimate of drug-likeness (QED) is 0.845. The Labute approximate surface area is 166 Å². The first kappa shape index (κ1) is 20.7. The number of piperazine rings is 1. The molecule has 0 saturated carbocycles. The highest BCUT2D eigenvalue weighted by Crippen LogP contribution is 2.24. The Bertz CT molecular complexity index is 711. The van der Waals surface area contributed by atoms with Gasteiger partial charge >= 0.3 is 0 Å². The van der Waals surface area contributed by atoms with Gasteiger partial charge in [0.25, 0.3) is 0 Å². The van der Waals surface area contributed by atoms with Crippen molar-refractivity contribution in [3.05, 3.63) is 70.7 Å². The van der Waals surface area contributed by atoms with Crippen LogP contribution in [-0.4, -0.2) is 48.9 Å². The molecule has 1 heterocycles. The zero-order valence-electron chi connectivity index (χ0n) is 14.9. The third-order valence-corrected chi connectivity index (χ3v) is 4.85.